The van der Waals surface area contributed by atoms with Gasteiger partial charge in [0.1, 0.15) is 12.2 Å². The van der Waals surface area contributed by atoms with Crippen LogP contribution in [0.3, 0.4) is 0 Å². The summed E-state index contributed by atoms with van der Waals surface area (Å²) in [5.41, 5.74) is -0.721. The molecule has 0 bridgehead atoms. The van der Waals surface area contributed by atoms with E-state index in [1.807, 2.05) is 27.7 Å². The van der Waals surface area contributed by atoms with Gasteiger partial charge in [-0.3, -0.25) is 4.79 Å². The first-order valence-corrected chi connectivity index (χ1v) is 6.41. The SMILES string of the molecule is CCOC1(COC(=O)C(C)(C)C)CCNCC1. The number of esters is 1. The van der Waals surface area contributed by atoms with Gasteiger partial charge in [0.25, 0.3) is 0 Å². The molecule has 1 N–H and O–H groups in total. The Morgan fingerprint density at radius 1 is 1.29 bits per heavy atom. The maximum Gasteiger partial charge on any atom is 0.311 e. The third-order valence-electron chi connectivity index (χ3n) is 3.04. The third-order valence-corrected chi connectivity index (χ3v) is 3.04. The Morgan fingerprint density at radius 3 is 2.35 bits per heavy atom. The molecule has 0 aromatic heterocycles. The smallest absolute Gasteiger partial charge is 0.311 e. The molecular formula is C13H25NO3. The summed E-state index contributed by atoms with van der Waals surface area (Å²) in [5.74, 6) is -0.157. The van der Waals surface area contributed by atoms with Gasteiger partial charge in [0.2, 0.25) is 0 Å². The van der Waals surface area contributed by atoms with Crippen LogP contribution >= 0.6 is 0 Å². The van der Waals surface area contributed by atoms with Gasteiger partial charge in [-0.15, -0.1) is 0 Å². The summed E-state index contributed by atoms with van der Waals surface area (Å²) in [6.07, 6.45) is 1.80. The number of carbonyl (C=O) groups is 1. The molecule has 4 nitrogen and oxygen atoms in total. The van der Waals surface area contributed by atoms with Crippen molar-refractivity contribution in [2.45, 2.75) is 46.1 Å². The van der Waals surface area contributed by atoms with Crippen LogP contribution in [0.4, 0.5) is 0 Å². The van der Waals surface area contributed by atoms with Crippen LogP contribution < -0.4 is 5.32 Å². The standard InChI is InChI=1S/C13H25NO3/c1-5-17-13(6-8-14-9-7-13)10-16-11(15)12(2,3)4/h14H,5-10H2,1-4H3. The summed E-state index contributed by atoms with van der Waals surface area (Å²) in [4.78, 5) is 11.8. The summed E-state index contributed by atoms with van der Waals surface area (Å²) in [5, 5.41) is 3.30. The minimum atomic E-state index is -0.444. The fraction of sp³-hybridized carbons (Fsp3) is 0.923. The molecule has 1 aliphatic heterocycles. The van der Waals surface area contributed by atoms with E-state index in [1.165, 1.54) is 0 Å². The molecule has 1 rings (SSSR count). The predicted octanol–water partition coefficient (Wildman–Crippen LogP) is 1.73. The molecule has 0 amide bonds. The second-order valence-electron chi connectivity index (χ2n) is 5.69. The minimum Gasteiger partial charge on any atom is -0.462 e. The van der Waals surface area contributed by atoms with Gasteiger partial charge in [-0.1, -0.05) is 0 Å². The monoisotopic (exact) mass is 243 g/mol. The van der Waals surface area contributed by atoms with E-state index >= 15 is 0 Å². The summed E-state index contributed by atoms with van der Waals surface area (Å²) >= 11 is 0. The first-order valence-electron chi connectivity index (χ1n) is 6.41. The van der Waals surface area contributed by atoms with Crippen LogP contribution in [0.15, 0.2) is 0 Å². The lowest BCUT2D eigenvalue weighted by Crippen LogP contribution is -2.48. The molecule has 100 valence electrons. The topological polar surface area (TPSA) is 47.6 Å². The molecule has 0 aliphatic carbocycles. The number of piperidine rings is 1. The van der Waals surface area contributed by atoms with Crippen LogP contribution in [-0.4, -0.2) is 37.9 Å². The van der Waals surface area contributed by atoms with Crippen LogP contribution in [-0.2, 0) is 14.3 Å². The zero-order valence-electron chi connectivity index (χ0n) is 11.5. The Morgan fingerprint density at radius 2 is 1.88 bits per heavy atom. The van der Waals surface area contributed by atoms with Crippen molar-refractivity contribution < 1.29 is 14.3 Å². The molecule has 17 heavy (non-hydrogen) atoms. The predicted molar refractivity (Wildman–Crippen MR) is 66.9 cm³/mol. The van der Waals surface area contributed by atoms with Crippen LogP contribution in [0.1, 0.15) is 40.5 Å². The molecule has 0 spiro atoms. The normalized spacial score (nSPS) is 20.0. The fourth-order valence-corrected chi connectivity index (χ4v) is 1.93. The molecule has 4 heteroatoms. The van der Waals surface area contributed by atoms with Crippen molar-refractivity contribution in [1.82, 2.24) is 5.32 Å². The van der Waals surface area contributed by atoms with Crippen LogP contribution in [0.25, 0.3) is 0 Å². The van der Waals surface area contributed by atoms with Gasteiger partial charge in [-0.05, 0) is 53.6 Å². The Bertz CT molecular complexity index is 246. The van der Waals surface area contributed by atoms with Crippen molar-refractivity contribution in [3.63, 3.8) is 0 Å². The summed E-state index contributed by atoms with van der Waals surface area (Å²) in [6, 6.07) is 0. The quantitative estimate of drug-likeness (QED) is 0.764. The molecule has 1 saturated heterocycles. The van der Waals surface area contributed by atoms with Crippen LogP contribution in [0, 0.1) is 5.41 Å². The molecule has 1 heterocycles. The van der Waals surface area contributed by atoms with Gasteiger partial charge in [-0.2, -0.15) is 0 Å². The second kappa shape index (κ2) is 5.83. The average Bonchev–Trinajstić information content (AvgIpc) is 2.26. The van der Waals surface area contributed by atoms with Gasteiger partial charge >= 0.3 is 5.97 Å². The number of rotatable bonds is 4. The fourth-order valence-electron chi connectivity index (χ4n) is 1.93. The van der Waals surface area contributed by atoms with E-state index in [9.17, 15) is 4.79 Å². The Balaban J connectivity index is 2.52. The first-order chi connectivity index (χ1) is 7.90. The summed E-state index contributed by atoms with van der Waals surface area (Å²) in [6.45, 7) is 10.5. The number of carbonyl (C=O) groups excluding carboxylic acids is 1. The molecule has 0 atom stereocenters. The summed E-state index contributed by atoms with van der Waals surface area (Å²) in [7, 11) is 0. The third kappa shape index (κ3) is 4.28. The van der Waals surface area contributed by atoms with Crippen molar-refractivity contribution in [1.29, 1.82) is 0 Å². The van der Waals surface area contributed by atoms with Crippen molar-refractivity contribution in [2.75, 3.05) is 26.3 Å². The van der Waals surface area contributed by atoms with Gasteiger partial charge in [0.05, 0.1) is 5.41 Å². The maximum absolute atomic E-state index is 11.8. The molecule has 1 fully saturated rings. The lowest BCUT2D eigenvalue weighted by atomic mass is 9.92. The Hall–Kier alpha value is -0.610. The Kier molecular flexibility index (Phi) is 4.95. The largest absolute Gasteiger partial charge is 0.462 e. The number of ether oxygens (including phenoxy) is 2. The van der Waals surface area contributed by atoms with Gasteiger partial charge in [0.15, 0.2) is 0 Å². The second-order valence-corrected chi connectivity index (χ2v) is 5.69. The highest BCUT2D eigenvalue weighted by atomic mass is 16.6. The molecule has 0 aromatic rings. The molecular weight excluding hydrogens is 218 g/mol. The van der Waals surface area contributed by atoms with Gasteiger partial charge in [0, 0.05) is 6.61 Å². The minimum absolute atomic E-state index is 0.157. The van der Waals surface area contributed by atoms with Crippen LogP contribution in [0.2, 0.25) is 0 Å². The van der Waals surface area contributed by atoms with Crippen molar-refractivity contribution in [3.05, 3.63) is 0 Å². The van der Waals surface area contributed by atoms with E-state index in [-0.39, 0.29) is 11.6 Å². The molecule has 0 saturated carbocycles. The zero-order valence-corrected chi connectivity index (χ0v) is 11.5. The van der Waals surface area contributed by atoms with Gasteiger partial charge < -0.3 is 14.8 Å². The van der Waals surface area contributed by atoms with E-state index in [4.69, 9.17) is 9.47 Å². The zero-order chi connectivity index (χ0) is 12.9. The van der Waals surface area contributed by atoms with Gasteiger partial charge in [-0.25, -0.2) is 0 Å². The van der Waals surface area contributed by atoms with E-state index < -0.39 is 5.41 Å². The molecule has 1 aliphatic rings. The maximum atomic E-state index is 11.8. The highest BCUT2D eigenvalue weighted by molar-refractivity contribution is 5.75. The van der Waals surface area contributed by atoms with E-state index in [0.717, 1.165) is 25.9 Å². The summed E-state index contributed by atoms with van der Waals surface area (Å²) < 4.78 is 11.2. The lowest BCUT2D eigenvalue weighted by Gasteiger charge is -2.37. The average molecular weight is 243 g/mol. The van der Waals surface area contributed by atoms with Crippen LogP contribution in [0.5, 0.6) is 0 Å². The lowest BCUT2D eigenvalue weighted by molar-refractivity contribution is -0.167. The first kappa shape index (κ1) is 14.5. The van der Waals surface area contributed by atoms with Crippen molar-refractivity contribution >= 4 is 5.97 Å². The van der Waals surface area contributed by atoms with Crippen molar-refractivity contribution in [3.8, 4) is 0 Å². The Labute approximate surface area is 104 Å². The molecule has 0 radical (unpaired) electrons. The number of hydrogen-bond acceptors (Lipinski definition) is 4. The number of hydrogen-bond donors (Lipinski definition) is 1. The highest BCUT2D eigenvalue weighted by Crippen LogP contribution is 2.25. The van der Waals surface area contributed by atoms with E-state index in [1.54, 1.807) is 0 Å². The van der Waals surface area contributed by atoms with Crippen molar-refractivity contribution in [2.24, 2.45) is 5.41 Å². The number of nitrogens with one attached hydrogen (secondary N) is 1. The van der Waals surface area contributed by atoms with E-state index in [0.29, 0.717) is 13.2 Å². The highest BCUT2D eigenvalue weighted by Gasteiger charge is 2.35. The molecule has 0 unspecified atom stereocenters. The molecule has 0 aromatic carbocycles. The van der Waals surface area contributed by atoms with E-state index in [2.05, 4.69) is 5.32 Å².